The fourth-order valence-electron chi connectivity index (χ4n) is 2.54. The smallest absolute Gasteiger partial charge is 0.240 e. The van der Waals surface area contributed by atoms with E-state index < -0.39 is 0 Å². The first-order chi connectivity index (χ1) is 7.22. The molecule has 0 spiro atoms. The zero-order valence-electron chi connectivity index (χ0n) is 9.83. The second-order valence-corrected chi connectivity index (χ2v) is 4.96. The molecule has 1 saturated heterocycles. The topological polar surface area (TPSA) is 32.3 Å². The Kier molecular flexibility index (Phi) is 3.29. The van der Waals surface area contributed by atoms with Crippen molar-refractivity contribution in [3.63, 3.8) is 0 Å². The SMILES string of the molecule is CCNC1CCN(C(C)CC2CC2)C1=O. The Morgan fingerprint density at radius 1 is 1.47 bits per heavy atom. The van der Waals surface area contributed by atoms with Gasteiger partial charge >= 0.3 is 0 Å². The first-order valence-electron chi connectivity index (χ1n) is 6.26. The summed E-state index contributed by atoms with van der Waals surface area (Å²) in [6, 6.07) is 0.547. The molecule has 1 aliphatic carbocycles. The van der Waals surface area contributed by atoms with E-state index in [1.165, 1.54) is 19.3 Å². The normalized spacial score (nSPS) is 28.5. The van der Waals surface area contributed by atoms with E-state index in [1.54, 1.807) is 0 Å². The lowest BCUT2D eigenvalue weighted by molar-refractivity contribution is -0.131. The lowest BCUT2D eigenvalue weighted by Gasteiger charge is -2.24. The Balaban J connectivity index is 1.84. The third kappa shape index (κ3) is 2.51. The first-order valence-corrected chi connectivity index (χ1v) is 6.26. The van der Waals surface area contributed by atoms with Crippen LogP contribution in [0.25, 0.3) is 0 Å². The summed E-state index contributed by atoms with van der Waals surface area (Å²) in [5.41, 5.74) is 0. The summed E-state index contributed by atoms with van der Waals surface area (Å²) in [5, 5.41) is 3.26. The highest BCUT2D eigenvalue weighted by molar-refractivity contribution is 5.84. The van der Waals surface area contributed by atoms with Crippen LogP contribution in [0.5, 0.6) is 0 Å². The van der Waals surface area contributed by atoms with E-state index in [4.69, 9.17) is 0 Å². The molecule has 3 nitrogen and oxygen atoms in total. The highest BCUT2D eigenvalue weighted by Gasteiger charge is 2.35. The summed E-state index contributed by atoms with van der Waals surface area (Å²) in [4.78, 5) is 14.1. The number of likely N-dealkylation sites (N-methyl/N-ethyl adjacent to an activating group) is 1. The summed E-state index contributed by atoms with van der Waals surface area (Å²) in [6.45, 7) is 6.10. The van der Waals surface area contributed by atoms with Gasteiger partial charge in [-0.1, -0.05) is 19.8 Å². The van der Waals surface area contributed by atoms with Crippen LogP contribution in [0.4, 0.5) is 0 Å². The average Bonchev–Trinajstić information content (AvgIpc) is 2.93. The largest absolute Gasteiger partial charge is 0.339 e. The molecule has 2 fully saturated rings. The molecule has 15 heavy (non-hydrogen) atoms. The van der Waals surface area contributed by atoms with E-state index in [0.29, 0.717) is 11.9 Å². The van der Waals surface area contributed by atoms with E-state index in [1.807, 2.05) is 0 Å². The van der Waals surface area contributed by atoms with Gasteiger partial charge in [-0.15, -0.1) is 0 Å². The Morgan fingerprint density at radius 3 is 2.80 bits per heavy atom. The average molecular weight is 210 g/mol. The molecular weight excluding hydrogens is 188 g/mol. The molecular formula is C12H22N2O. The van der Waals surface area contributed by atoms with Crippen LogP contribution in [0.15, 0.2) is 0 Å². The summed E-state index contributed by atoms with van der Waals surface area (Å²) in [7, 11) is 0. The third-order valence-corrected chi connectivity index (χ3v) is 3.59. The van der Waals surface area contributed by atoms with E-state index in [9.17, 15) is 4.79 Å². The Morgan fingerprint density at radius 2 is 2.20 bits per heavy atom. The summed E-state index contributed by atoms with van der Waals surface area (Å²) >= 11 is 0. The Bertz CT molecular complexity index is 238. The highest BCUT2D eigenvalue weighted by atomic mass is 16.2. The van der Waals surface area contributed by atoms with Gasteiger partial charge in [-0.3, -0.25) is 4.79 Å². The zero-order chi connectivity index (χ0) is 10.8. The van der Waals surface area contributed by atoms with Gasteiger partial charge in [-0.05, 0) is 32.2 Å². The molecule has 0 aromatic carbocycles. The number of rotatable bonds is 5. The van der Waals surface area contributed by atoms with Crippen molar-refractivity contribution < 1.29 is 4.79 Å². The molecule has 2 unspecified atom stereocenters. The van der Waals surface area contributed by atoms with Crippen LogP contribution in [0.3, 0.4) is 0 Å². The van der Waals surface area contributed by atoms with Crippen molar-refractivity contribution >= 4 is 5.91 Å². The molecule has 3 heteroatoms. The van der Waals surface area contributed by atoms with Gasteiger partial charge in [0, 0.05) is 12.6 Å². The van der Waals surface area contributed by atoms with E-state index in [-0.39, 0.29) is 6.04 Å². The molecule has 1 amide bonds. The quantitative estimate of drug-likeness (QED) is 0.743. The van der Waals surface area contributed by atoms with Crippen molar-refractivity contribution in [3.05, 3.63) is 0 Å². The van der Waals surface area contributed by atoms with Crippen molar-refractivity contribution in [3.8, 4) is 0 Å². The summed E-state index contributed by atoms with van der Waals surface area (Å²) in [6.07, 6.45) is 4.96. The fourth-order valence-corrected chi connectivity index (χ4v) is 2.54. The number of nitrogens with zero attached hydrogens (tertiary/aromatic N) is 1. The number of nitrogens with one attached hydrogen (secondary N) is 1. The molecule has 2 atom stereocenters. The van der Waals surface area contributed by atoms with Gasteiger partial charge in [0.15, 0.2) is 0 Å². The number of likely N-dealkylation sites (tertiary alicyclic amines) is 1. The Labute approximate surface area is 92.2 Å². The molecule has 1 N–H and O–H groups in total. The first kappa shape index (κ1) is 10.9. The van der Waals surface area contributed by atoms with Crippen molar-refractivity contribution in [2.45, 2.75) is 51.6 Å². The standard InChI is InChI=1S/C12H22N2O/c1-3-13-11-6-7-14(12(11)15)9(2)8-10-4-5-10/h9-11,13H,3-8H2,1-2H3. The molecule has 1 heterocycles. The number of carbonyl (C=O) groups is 1. The van der Waals surface area contributed by atoms with Crippen LogP contribution in [-0.2, 0) is 4.79 Å². The van der Waals surface area contributed by atoms with Gasteiger partial charge in [0.25, 0.3) is 0 Å². The summed E-state index contributed by atoms with van der Waals surface area (Å²) < 4.78 is 0. The zero-order valence-corrected chi connectivity index (χ0v) is 9.83. The van der Waals surface area contributed by atoms with E-state index in [0.717, 1.165) is 25.4 Å². The van der Waals surface area contributed by atoms with Crippen LogP contribution >= 0.6 is 0 Å². The molecule has 1 saturated carbocycles. The molecule has 86 valence electrons. The number of amides is 1. The number of hydrogen-bond donors (Lipinski definition) is 1. The second-order valence-electron chi connectivity index (χ2n) is 4.96. The number of carbonyl (C=O) groups excluding carboxylic acids is 1. The van der Waals surface area contributed by atoms with Gasteiger partial charge in [0.05, 0.1) is 6.04 Å². The molecule has 1 aliphatic heterocycles. The monoisotopic (exact) mass is 210 g/mol. The van der Waals surface area contributed by atoms with Crippen LogP contribution in [0.1, 0.15) is 39.5 Å². The van der Waals surface area contributed by atoms with Gasteiger partial charge in [-0.25, -0.2) is 0 Å². The van der Waals surface area contributed by atoms with Gasteiger partial charge in [0.1, 0.15) is 0 Å². The lowest BCUT2D eigenvalue weighted by atomic mass is 10.1. The molecule has 2 aliphatic rings. The van der Waals surface area contributed by atoms with Gasteiger partial charge < -0.3 is 10.2 Å². The summed E-state index contributed by atoms with van der Waals surface area (Å²) in [5.74, 6) is 1.23. The maximum absolute atomic E-state index is 12.0. The van der Waals surface area contributed by atoms with Crippen LogP contribution in [0, 0.1) is 5.92 Å². The fraction of sp³-hybridized carbons (Fsp3) is 0.917. The second kappa shape index (κ2) is 4.52. The lowest BCUT2D eigenvalue weighted by Crippen LogP contribution is -2.41. The molecule has 0 aromatic heterocycles. The molecule has 0 radical (unpaired) electrons. The van der Waals surface area contributed by atoms with Crippen LogP contribution in [-0.4, -0.2) is 36.0 Å². The van der Waals surface area contributed by atoms with Crippen LogP contribution < -0.4 is 5.32 Å². The predicted octanol–water partition coefficient (Wildman–Crippen LogP) is 1.39. The maximum atomic E-state index is 12.0. The maximum Gasteiger partial charge on any atom is 0.240 e. The third-order valence-electron chi connectivity index (χ3n) is 3.59. The highest BCUT2D eigenvalue weighted by Crippen LogP contribution is 2.35. The minimum atomic E-state index is 0.0941. The molecule has 2 rings (SSSR count). The molecule has 0 aromatic rings. The van der Waals surface area contributed by atoms with Crippen molar-refractivity contribution in [1.82, 2.24) is 10.2 Å². The predicted molar refractivity (Wildman–Crippen MR) is 60.6 cm³/mol. The van der Waals surface area contributed by atoms with E-state index >= 15 is 0 Å². The van der Waals surface area contributed by atoms with E-state index in [2.05, 4.69) is 24.1 Å². The minimum absolute atomic E-state index is 0.0941. The van der Waals surface area contributed by atoms with Crippen molar-refractivity contribution in [2.75, 3.05) is 13.1 Å². The minimum Gasteiger partial charge on any atom is -0.339 e. The van der Waals surface area contributed by atoms with Crippen molar-refractivity contribution in [2.24, 2.45) is 5.92 Å². The molecule has 0 bridgehead atoms. The van der Waals surface area contributed by atoms with Gasteiger partial charge in [-0.2, -0.15) is 0 Å². The van der Waals surface area contributed by atoms with Crippen molar-refractivity contribution in [1.29, 1.82) is 0 Å². The number of hydrogen-bond acceptors (Lipinski definition) is 2. The Hall–Kier alpha value is -0.570. The van der Waals surface area contributed by atoms with Gasteiger partial charge in [0.2, 0.25) is 5.91 Å². The van der Waals surface area contributed by atoms with Crippen LogP contribution in [0.2, 0.25) is 0 Å².